The first kappa shape index (κ1) is 13.8. The van der Waals surface area contributed by atoms with Crippen molar-refractivity contribution in [1.29, 1.82) is 0 Å². The minimum absolute atomic E-state index is 0.0595. The number of hydrogen-bond donors (Lipinski definition) is 1. The van der Waals surface area contributed by atoms with Crippen molar-refractivity contribution in [3.63, 3.8) is 0 Å². The van der Waals surface area contributed by atoms with Gasteiger partial charge in [0.1, 0.15) is 0 Å². The smallest absolute Gasteiger partial charge is 0.307 e. The summed E-state index contributed by atoms with van der Waals surface area (Å²) in [5.74, 6) is 2.31. The fraction of sp³-hybridized carbons (Fsp3) is 0.917. The molecule has 0 aromatic carbocycles. The summed E-state index contributed by atoms with van der Waals surface area (Å²) in [6, 6.07) is 0. The number of esters is 1. The van der Waals surface area contributed by atoms with Gasteiger partial charge in [-0.05, 0) is 43.7 Å². The van der Waals surface area contributed by atoms with Gasteiger partial charge in [-0.2, -0.15) is 11.8 Å². The Morgan fingerprint density at radius 1 is 1.50 bits per heavy atom. The summed E-state index contributed by atoms with van der Waals surface area (Å²) in [6.07, 6.45) is 5.17. The molecule has 1 aliphatic carbocycles. The second kappa shape index (κ2) is 7.17. The minimum Gasteiger partial charge on any atom is -0.469 e. The van der Waals surface area contributed by atoms with Crippen LogP contribution in [0.3, 0.4) is 0 Å². The number of carbonyl (C=O) groups excluding carboxylic acids is 1. The van der Waals surface area contributed by atoms with Gasteiger partial charge in [-0.3, -0.25) is 4.79 Å². The first-order chi connectivity index (χ1) is 7.72. The monoisotopic (exact) mass is 245 g/mol. The largest absolute Gasteiger partial charge is 0.469 e. The van der Waals surface area contributed by atoms with E-state index in [1.165, 1.54) is 31.5 Å². The molecule has 0 amide bonds. The number of ether oxygens (including phenoxy) is 1. The molecule has 1 saturated carbocycles. The third-order valence-corrected chi connectivity index (χ3v) is 4.18. The quantitative estimate of drug-likeness (QED) is 0.525. The van der Waals surface area contributed by atoms with Crippen molar-refractivity contribution in [1.82, 2.24) is 5.32 Å². The molecule has 0 aromatic heterocycles. The lowest BCUT2D eigenvalue weighted by Gasteiger charge is -2.42. The Bertz CT molecular complexity index is 217. The highest BCUT2D eigenvalue weighted by Gasteiger charge is 2.38. The topological polar surface area (TPSA) is 38.3 Å². The molecule has 94 valence electrons. The van der Waals surface area contributed by atoms with Gasteiger partial charge in [0.05, 0.1) is 13.5 Å². The molecule has 0 atom stereocenters. The van der Waals surface area contributed by atoms with Crippen molar-refractivity contribution >= 4 is 17.7 Å². The van der Waals surface area contributed by atoms with Gasteiger partial charge in [-0.1, -0.05) is 6.92 Å². The van der Waals surface area contributed by atoms with E-state index in [0.29, 0.717) is 6.42 Å². The lowest BCUT2D eigenvalue weighted by atomic mass is 9.74. The van der Waals surface area contributed by atoms with E-state index < -0.39 is 0 Å². The van der Waals surface area contributed by atoms with Gasteiger partial charge in [-0.25, -0.2) is 0 Å². The molecule has 0 bridgehead atoms. The predicted octanol–water partition coefficient (Wildman–Crippen LogP) is 2.21. The average Bonchev–Trinajstić information content (AvgIpc) is 2.24. The molecule has 0 aliphatic heterocycles. The normalized spacial score (nSPS) is 17.9. The van der Waals surface area contributed by atoms with Crippen molar-refractivity contribution < 1.29 is 9.53 Å². The maximum Gasteiger partial charge on any atom is 0.307 e. The zero-order chi connectivity index (χ0) is 11.9. The second-order valence-electron chi connectivity index (χ2n) is 4.36. The van der Waals surface area contributed by atoms with Crippen LogP contribution in [0, 0.1) is 0 Å². The molecule has 0 spiro atoms. The standard InChI is InChI=1S/C12H23NO2S/c1-3-16-9-5-8-13-12(6-4-7-12)10-11(14)15-2/h13H,3-10H2,1-2H3. The fourth-order valence-electron chi connectivity index (χ4n) is 2.04. The SMILES string of the molecule is CCSCCCNC1(CC(=O)OC)CCC1. The first-order valence-corrected chi connectivity index (χ1v) is 7.27. The molecule has 0 radical (unpaired) electrons. The highest BCUT2D eigenvalue weighted by molar-refractivity contribution is 7.99. The van der Waals surface area contributed by atoms with Crippen LogP contribution in [0.25, 0.3) is 0 Å². The summed E-state index contributed by atoms with van der Waals surface area (Å²) in [4.78, 5) is 11.3. The van der Waals surface area contributed by atoms with E-state index in [1.54, 1.807) is 0 Å². The van der Waals surface area contributed by atoms with Crippen LogP contribution in [0.4, 0.5) is 0 Å². The van der Waals surface area contributed by atoms with Crippen LogP contribution < -0.4 is 5.32 Å². The van der Waals surface area contributed by atoms with E-state index in [4.69, 9.17) is 4.74 Å². The van der Waals surface area contributed by atoms with Crippen molar-refractivity contribution in [2.75, 3.05) is 25.2 Å². The lowest BCUT2D eigenvalue weighted by Crippen LogP contribution is -2.52. The fourth-order valence-corrected chi connectivity index (χ4v) is 2.68. The van der Waals surface area contributed by atoms with Crippen molar-refractivity contribution in [3.05, 3.63) is 0 Å². The molecule has 0 heterocycles. The molecule has 1 fully saturated rings. The van der Waals surface area contributed by atoms with Crippen LogP contribution in [0.15, 0.2) is 0 Å². The molecule has 1 rings (SSSR count). The number of nitrogens with one attached hydrogen (secondary N) is 1. The molecule has 0 unspecified atom stereocenters. The summed E-state index contributed by atoms with van der Waals surface area (Å²) in [6.45, 7) is 3.20. The second-order valence-corrected chi connectivity index (χ2v) is 5.76. The minimum atomic E-state index is -0.0878. The maximum absolute atomic E-state index is 11.3. The number of methoxy groups -OCH3 is 1. The molecule has 16 heavy (non-hydrogen) atoms. The highest BCUT2D eigenvalue weighted by atomic mass is 32.2. The third-order valence-electron chi connectivity index (χ3n) is 3.19. The zero-order valence-corrected chi connectivity index (χ0v) is 11.2. The van der Waals surface area contributed by atoms with Crippen molar-refractivity contribution in [3.8, 4) is 0 Å². The summed E-state index contributed by atoms with van der Waals surface area (Å²) in [5, 5.41) is 3.54. The summed E-state index contributed by atoms with van der Waals surface area (Å²) >= 11 is 1.97. The number of hydrogen-bond acceptors (Lipinski definition) is 4. The van der Waals surface area contributed by atoms with E-state index in [0.717, 1.165) is 19.4 Å². The van der Waals surface area contributed by atoms with E-state index in [2.05, 4.69) is 12.2 Å². The molecule has 1 aliphatic rings. The highest BCUT2D eigenvalue weighted by Crippen LogP contribution is 2.35. The Balaban J connectivity index is 2.17. The number of carbonyl (C=O) groups is 1. The molecule has 0 aromatic rings. The summed E-state index contributed by atoms with van der Waals surface area (Å²) < 4.78 is 4.74. The van der Waals surface area contributed by atoms with Crippen molar-refractivity contribution in [2.45, 2.75) is 44.6 Å². The summed E-state index contributed by atoms with van der Waals surface area (Å²) in [5.41, 5.74) is 0.0595. The van der Waals surface area contributed by atoms with Gasteiger partial charge in [0, 0.05) is 5.54 Å². The van der Waals surface area contributed by atoms with Gasteiger partial charge in [0.2, 0.25) is 0 Å². The number of rotatable bonds is 8. The van der Waals surface area contributed by atoms with Gasteiger partial charge in [-0.15, -0.1) is 0 Å². The predicted molar refractivity (Wildman–Crippen MR) is 68.8 cm³/mol. The van der Waals surface area contributed by atoms with Crippen LogP contribution in [0.5, 0.6) is 0 Å². The average molecular weight is 245 g/mol. The third kappa shape index (κ3) is 4.34. The van der Waals surface area contributed by atoms with Gasteiger partial charge >= 0.3 is 5.97 Å². The Kier molecular flexibility index (Phi) is 6.21. The van der Waals surface area contributed by atoms with Crippen molar-refractivity contribution in [2.24, 2.45) is 0 Å². The van der Waals surface area contributed by atoms with Crippen LogP contribution in [-0.4, -0.2) is 36.7 Å². The maximum atomic E-state index is 11.3. The van der Waals surface area contributed by atoms with Gasteiger partial charge < -0.3 is 10.1 Å². The lowest BCUT2D eigenvalue weighted by molar-refractivity contribution is -0.143. The van der Waals surface area contributed by atoms with Crippen LogP contribution >= 0.6 is 11.8 Å². The van der Waals surface area contributed by atoms with E-state index in [-0.39, 0.29) is 11.5 Å². The molecular formula is C12H23NO2S. The van der Waals surface area contributed by atoms with Crippen LogP contribution in [0.2, 0.25) is 0 Å². The molecule has 3 nitrogen and oxygen atoms in total. The Hall–Kier alpha value is -0.220. The van der Waals surface area contributed by atoms with E-state index >= 15 is 0 Å². The van der Waals surface area contributed by atoms with Crippen LogP contribution in [-0.2, 0) is 9.53 Å². The molecule has 1 N–H and O–H groups in total. The molecule has 4 heteroatoms. The Labute approximate surface area is 103 Å². The summed E-state index contributed by atoms with van der Waals surface area (Å²) in [7, 11) is 1.46. The molecule has 0 saturated heterocycles. The molecular weight excluding hydrogens is 222 g/mol. The zero-order valence-electron chi connectivity index (χ0n) is 10.4. The Morgan fingerprint density at radius 3 is 2.75 bits per heavy atom. The van der Waals surface area contributed by atoms with Crippen LogP contribution in [0.1, 0.15) is 39.0 Å². The first-order valence-electron chi connectivity index (χ1n) is 6.12. The van der Waals surface area contributed by atoms with E-state index in [9.17, 15) is 4.79 Å². The van der Waals surface area contributed by atoms with Gasteiger partial charge in [0.15, 0.2) is 0 Å². The van der Waals surface area contributed by atoms with E-state index in [1.807, 2.05) is 11.8 Å². The van der Waals surface area contributed by atoms with Gasteiger partial charge in [0.25, 0.3) is 0 Å². The Morgan fingerprint density at radius 2 is 2.25 bits per heavy atom. The number of thioether (sulfide) groups is 1.